The lowest BCUT2D eigenvalue weighted by Gasteiger charge is -2.29. The molecule has 1 amide bonds. The van der Waals surface area contributed by atoms with Crippen molar-refractivity contribution in [3.63, 3.8) is 0 Å². The number of para-hydroxylation sites is 3. The fourth-order valence-electron chi connectivity index (χ4n) is 3.92. The van der Waals surface area contributed by atoms with E-state index in [0.717, 1.165) is 26.7 Å². The Hall–Kier alpha value is -3.65. The van der Waals surface area contributed by atoms with Gasteiger partial charge in [-0.25, -0.2) is 13.4 Å². The second-order valence-electron chi connectivity index (χ2n) is 7.80. The number of benzene rings is 3. The van der Waals surface area contributed by atoms with E-state index in [0.29, 0.717) is 12.2 Å². The Balaban J connectivity index is 1.67. The van der Waals surface area contributed by atoms with Crippen molar-refractivity contribution in [1.82, 2.24) is 14.9 Å². The summed E-state index contributed by atoms with van der Waals surface area (Å²) in [4.78, 5) is 17.1. The lowest BCUT2D eigenvalue weighted by molar-refractivity contribution is -0.121. The molecule has 3 aromatic carbocycles. The van der Waals surface area contributed by atoms with Gasteiger partial charge in [0.25, 0.3) is 10.0 Å². The average Bonchev–Trinajstić information content (AvgIpc) is 3.14. The number of likely N-dealkylation sites (N-methyl/N-ethyl adjacent to an activating group) is 1. The van der Waals surface area contributed by atoms with Crippen LogP contribution in [0.3, 0.4) is 0 Å². The Kier molecular flexibility index (Phi) is 6.20. The summed E-state index contributed by atoms with van der Waals surface area (Å²) in [5, 5.41) is 2.54. The van der Waals surface area contributed by atoms with E-state index in [-0.39, 0.29) is 10.8 Å². The first-order chi connectivity index (χ1) is 15.8. The van der Waals surface area contributed by atoms with Crippen LogP contribution in [0.15, 0.2) is 83.8 Å². The molecule has 8 heteroatoms. The van der Waals surface area contributed by atoms with Gasteiger partial charge in [0.1, 0.15) is 11.9 Å². The van der Waals surface area contributed by atoms with Crippen LogP contribution in [0.25, 0.3) is 11.0 Å². The third-order valence-corrected chi connectivity index (χ3v) is 7.57. The Morgan fingerprint density at radius 1 is 1.00 bits per heavy atom. The van der Waals surface area contributed by atoms with Gasteiger partial charge in [0.05, 0.1) is 21.6 Å². The van der Waals surface area contributed by atoms with Crippen molar-refractivity contribution in [3.05, 3.63) is 90.3 Å². The lowest BCUT2D eigenvalue weighted by Crippen LogP contribution is -2.47. The van der Waals surface area contributed by atoms with Crippen LogP contribution < -0.4 is 9.62 Å². The molecule has 1 aromatic heterocycles. The number of amides is 1. The zero-order valence-electron chi connectivity index (χ0n) is 18.8. The molecule has 0 saturated heterocycles. The van der Waals surface area contributed by atoms with Gasteiger partial charge in [0, 0.05) is 13.6 Å². The number of nitrogens with one attached hydrogen (secondary N) is 1. The molecule has 0 fully saturated rings. The highest BCUT2D eigenvalue weighted by Gasteiger charge is 2.32. The molecule has 33 heavy (non-hydrogen) atoms. The Bertz CT molecular complexity index is 1380. The highest BCUT2D eigenvalue weighted by molar-refractivity contribution is 7.93. The van der Waals surface area contributed by atoms with Crippen LogP contribution in [0.2, 0.25) is 0 Å². The first kappa shape index (κ1) is 22.5. The van der Waals surface area contributed by atoms with Gasteiger partial charge in [0.2, 0.25) is 5.91 Å². The predicted molar refractivity (Wildman–Crippen MR) is 130 cm³/mol. The minimum atomic E-state index is -3.98. The van der Waals surface area contributed by atoms with Crippen LogP contribution in [-0.4, -0.2) is 37.0 Å². The quantitative estimate of drug-likeness (QED) is 0.454. The number of aryl methyl sites for hydroxylation is 1. The summed E-state index contributed by atoms with van der Waals surface area (Å²) in [7, 11) is -2.49. The number of rotatable bonds is 7. The van der Waals surface area contributed by atoms with Crippen molar-refractivity contribution in [3.8, 4) is 0 Å². The zero-order chi connectivity index (χ0) is 23.6. The lowest BCUT2D eigenvalue weighted by atomic mass is 10.2. The topological polar surface area (TPSA) is 84.3 Å². The van der Waals surface area contributed by atoms with Gasteiger partial charge in [-0.2, -0.15) is 0 Å². The Labute approximate surface area is 193 Å². The molecule has 170 valence electrons. The molecule has 4 aromatic rings. The Morgan fingerprint density at radius 3 is 2.30 bits per heavy atom. The maximum Gasteiger partial charge on any atom is 0.265 e. The van der Waals surface area contributed by atoms with E-state index in [4.69, 9.17) is 0 Å². The van der Waals surface area contributed by atoms with Crippen molar-refractivity contribution in [1.29, 1.82) is 0 Å². The number of fused-ring (bicyclic) bond motifs is 1. The normalized spacial score (nSPS) is 12.5. The van der Waals surface area contributed by atoms with E-state index in [9.17, 15) is 13.2 Å². The van der Waals surface area contributed by atoms with Crippen LogP contribution in [0, 0.1) is 6.92 Å². The van der Waals surface area contributed by atoms with Crippen molar-refractivity contribution >= 4 is 32.7 Å². The molecule has 7 nitrogen and oxygen atoms in total. The van der Waals surface area contributed by atoms with Gasteiger partial charge < -0.3 is 9.88 Å². The van der Waals surface area contributed by atoms with E-state index in [1.807, 2.05) is 31.2 Å². The summed E-state index contributed by atoms with van der Waals surface area (Å²) >= 11 is 0. The maximum absolute atomic E-state index is 13.6. The number of nitrogens with zero attached hydrogens (tertiary/aromatic N) is 3. The van der Waals surface area contributed by atoms with E-state index < -0.39 is 16.1 Å². The first-order valence-corrected chi connectivity index (χ1v) is 12.1. The fourth-order valence-corrected chi connectivity index (χ4v) is 5.54. The number of aromatic nitrogens is 2. The fraction of sp³-hybridized carbons (Fsp3) is 0.200. The van der Waals surface area contributed by atoms with E-state index in [2.05, 4.69) is 14.9 Å². The van der Waals surface area contributed by atoms with Gasteiger partial charge in [0.15, 0.2) is 0 Å². The third kappa shape index (κ3) is 4.34. The minimum Gasteiger partial charge on any atom is -0.357 e. The van der Waals surface area contributed by atoms with Crippen LogP contribution in [0.5, 0.6) is 0 Å². The van der Waals surface area contributed by atoms with Crippen LogP contribution in [-0.2, 0) is 21.4 Å². The second-order valence-corrected chi connectivity index (χ2v) is 9.62. The largest absolute Gasteiger partial charge is 0.357 e. The van der Waals surface area contributed by atoms with Gasteiger partial charge in [-0.15, -0.1) is 0 Å². The van der Waals surface area contributed by atoms with Crippen LogP contribution in [0.4, 0.5) is 5.69 Å². The summed E-state index contributed by atoms with van der Waals surface area (Å²) in [5.41, 5.74) is 3.33. The first-order valence-electron chi connectivity index (χ1n) is 10.6. The van der Waals surface area contributed by atoms with Crippen molar-refractivity contribution in [2.75, 3.05) is 11.4 Å². The molecule has 0 unspecified atom stereocenters. The predicted octanol–water partition coefficient (Wildman–Crippen LogP) is 3.72. The molecule has 0 aliphatic heterocycles. The summed E-state index contributed by atoms with van der Waals surface area (Å²) in [6.45, 7) is 4.10. The molecule has 0 bridgehead atoms. The monoisotopic (exact) mass is 462 g/mol. The maximum atomic E-state index is 13.6. The number of hydrogen-bond donors (Lipinski definition) is 1. The van der Waals surface area contributed by atoms with Gasteiger partial charge in [-0.1, -0.05) is 42.5 Å². The molecular formula is C25H26N4O3S. The van der Waals surface area contributed by atoms with E-state index >= 15 is 0 Å². The van der Waals surface area contributed by atoms with Gasteiger partial charge in [-0.05, 0) is 55.8 Å². The molecule has 0 radical (unpaired) electrons. The number of sulfonamides is 1. The zero-order valence-corrected chi connectivity index (χ0v) is 19.6. The van der Waals surface area contributed by atoms with Crippen LogP contribution >= 0.6 is 0 Å². The highest BCUT2D eigenvalue weighted by atomic mass is 32.2. The Morgan fingerprint density at radius 2 is 1.64 bits per heavy atom. The molecular weight excluding hydrogens is 436 g/mol. The van der Waals surface area contributed by atoms with E-state index in [1.54, 1.807) is 61.5 Å². The van der Waals surface area contributed by atoms with Crippen LogP contribution in [0.1, 0.15) is 18.3 Å². The molecule has 1 N–H and O–H groups in total. The molecule has 4 rings (SSSR count). The molecule has 1 atom stereocenters. The van der Waals surface area contributed by atoms with Crippen molar-refractivity contribution < 1.29 is 13.2 Å². The van der Waals surface area contributed by atoms with E-state index in [1.165, 1.54) is 7.05 Å². The second kappa shape index (κ2) is 9.07. The van der Waals surface area contributed by atoms with Gasteiger partial charge >= 0.3 is 0 Å². The van der Waals surface area contributed by atoms with Crippen molar-refractivity contribution in [2.24, 2.45) is 0 Å². The average molecular weight is 463 g/mol. The van der Waals surface area contributed by atoms with Gasteiger partial charge in [-0.3, -0.25) is 9.10 Å². The van der Waals surface area contributed by atoms with Crippen molar-refractivity contribution in [2.45, 2.75) is 31.3 Å². The summed E-state index contributed by atoms with van der Waals surface area (Å²) < 4.78 is 30.4. The molecule has 0 aliphatic carbocycles. The number of carbonyl (C=O) groups is 1. The number of hydrogen-bond acceptors (Lipinski definition) is 4. The number of anilines is 1. The standard InChI is InChI=1S/C25H26N4O3S/c1-18(25(30)26-3)29(21-9-5-4-6-10-21)33(31,32)22-15-13-20(14-16-22)17-28-19(2)27-23-11-7-8-12-24(23)28/h4-16,18H,17H2,1-3H3,(H,26,30)/t18-/m0/s1. The SMILES string of the molecule is CNC(=O)[C@H](C)N(c1ccccc1)S(=O)(=O)c1ccc(Cn2c(C)nc3ccccc32)cc1. The third-order valence-electron chi connectivity index (χ3n) is 5.65. The molecule has 0 spiro atoms. The number of imidazole rings is 1. The summed E-state index contributed by atoms with van der Waals surface area (Å²) in [5.74, 6) is 0.504. The smallest absolute Gasteiger partial charge is 0.265 e. The summed E-state index contributed by atoms with van der Waals surface area (Å²) in [6, 6.07) is 22.4. The highest BCUT2D eigenvalue weighted by Crippen LogP contribution is 2.27. The minimum absolute atomic E-state index is 0.123. The molecule has 0 aliphatic rings. The number of carbonyl (C=O) groups excluding carboxylic acids is 1. The molecule has 0 saturated carbocycles. The molecule has 1 heterocycles. The summed E-state index contributed by atoms with van der Waals surface area (Å²) in [6.07, 6.45) is 0.